The van der Waals surface area contributed by atoms with Crippen LogP contribution in [0.4, 0.5) is 4.79 Å². The van der Waals surface area contributed by atoms with E-state index in [0.717, 1.165) is 12.8 Å². The minimum absolute atomic E-state index is 0.154. The highest BCUT2D eigenvalue weighted by molar-refractivity contribution is 5.95. The Morgan fingerprint density at radius 1 is 1.37 bits per heavy atom. The molecule has 1 rings (SSSR count). The van der Waals surface area contributed by atoms with E-state index in [9.17, 15) is 14.7 Å². The molecule has 0 aromatic rings. The molecule has 0 unspecified atom stereocenters. The molecule has 19 heavy (non-hydrogen) atoms. The molecule has 1 fully saturated rings. The molecule has 0 radical (unpaired) electrons. The number of carbonyl (C=O) groups excluding carboxylic acids is 2. The Labute approximate surface area is 114 Å². The lowest BCUT2D eigenvalue weighted by Gasteiger charge is -2.46. The molecule has 0 aromatic carbocycles. The van der Waals surface area contributed by atoms with E-state index in [4.69, 9.17) is 0 Å². The minimum atomic E-state index is -0.644. The van der Waals surface area contributed by atoms with Gasteiger partial charge in [-0.05, 0) is 12.3 Å². The van der Waals surface area contributed by atoms with E-state index in [0.29, 0.717) is 25.6 Å². The Balaban J connectivity index is 2.17. The molecule has 110 valence electrons. The molecule has 0 spiro atoms. The molecule has 1 aliphatic heterocycles. The molecule has 0 bridgehead atoms. The summed E-state index contributed by atoms with van der Waals surface area (Å²) in [6.45, 7) is 7.68. The number of rotatable bonds is 6. The monoisotopic (exact) mass is 271 g/mol. The minimum Gasteiger partial charge on any atom is -0.387 e. The van der Waals surface area contributed by atoms with Crippen LogP contribution in [0.5, 0.6) is 0 Å². The van der Waals surface area contributed by atoms with Crippen molar-refractivity contribution in [1.29, 1.82) is 0 Å². The van der Waals surface area contributed by atoms with Crippen molar-refractivity contribution < 1.29 is 14.7 Å². The topological polar surface area (TPSA) is 81.7 Å². The van der Waals surface area contributed by atoms with Gasteiger partial charge in [0.2, 0.25) is 5.91 Å². The zero-order chi connectivity index (χ0) is 14.5. The SMILES string of the molecule is CCCC1(O)CN(CC(=O)NC(=O)NCC(C)C)C1. The maximum absolute atomic E-state index is 11.6. The third-order valence-corrected chi connectivity index (χ3v) is 3.04. The molecule has 0 aliphatic carbocycles. The first-order chi connectivity index (χ1) is 8.84. The van der Waals surface area contributed by atoms with E-state index in [2.05, 4.69) is 10.6 Å². The second-order valence-corrected chi connectivity index (χ2v) is 5.77. The fourth-order valence-electron chi connectivity index (χ4n) is 2.23. The predicted molar refractivity (Wildman–Crippen MR) is 72.7 cm³/mol. The van der Waals surface area contributed by atoms with Crippen LogP contribution in [0.2, 0.25) is 0 Å². The first-order valence-corrected chi connectivity index (χ1v) is 6.87. The van der Waals surface area contributed by atoms with Crippen LogP contribution in [0.1, 0.15) is 33.6 Å². The van der Waals surface area contributed by atoms with Gasteiger partial charge in [-0.1, -0.05) is 27.2 Å². The fourth-order valence-corrected chi connectivity index (χ4v) is 2.23. The van der Waals surface area contributed by atoms with Gasteiger partial charge in [-0.2, -0.15) is 0 Å². The number of nitrogens with zero attached hydrogens (tertiary/aromatic N) is 1. The molecule has 1 saturated heterocycles. The summed E-state index contributed by atoms with van der Waals surface area (Å²) in [5.41, 5.74) is -0.644. The smallest absolute Gasteiger partial charge is 0.321 e. The lowest BCUT2D eigenvalue weighted by molar-refractivity contribution is -0.132. The molecule has 0 saturated carbocycles. The van der Waals surface area contributed by atoms with E-state index < -0.39 is 11.6 Å². The number of imide groups is 1. The highest BCUT2D eigenvalue weighted by atomic mass is 16.3. The Morgan fingerprint density at radius 3 is 2.53 bits per heavy atom. The van der Waals surface area contributed by atoms with Crippen LogP contribution >= 0.6 is 0 Å². The van der Waals surface area contributed by atoms with Gasteiger partial charge in [-0.3, -0.25) is 15.0 Å². The zero-order valence-corrected chi connectivity index (χ0v) is 12.0. The average molecular weight is 271 g/mol. The van der Waals surface area contributed by atoms with E-state index in [-0.39, 0.29) is 12.5 Å². The third kappa shape index (κ3) is 5.57. The first kappa shape index (κ1) is 15.9. The van der Waals surface area contributed by atoms with Gasteiger partial charge < -0.3 is 10.4 Å². The van der Waals surface area contributed by atoms with Gasteiger partial charge in [0.05, 0.1) is 12.1 Å². The number of hydrogen-bond acceptors (Lipinski definition) is 4. The van der Waals surface area contributed by atoms with Crippen LogP contribution < -0.4 is 10.6 Å². The average Bonchev–Trinajstić information content (AvgIpc) is 2.24. The quantitative estimate of drug-likeness (QED) is 0.649. The van der Waals surface area contributed by atoms with E-state index in [1.54, 1.807) is 0 Å². The number of carbonyl (C=O) groups is 2. The highest BCUT2D eigenvalue weighted by Gasteiger charge is 2.40. The van der Waals surface area contributed by atoms with Gasteiger partial charge >= 0.3 is 6.03 Å². The van der Waals surface area contributed by atoms with Crippen molar-refractivity contribution >= 4 is 11.9 Å². The van der Waals surface area contributed by atoms with E-state index in [1.807, 2.05) is 25.7 Å². The van der Waals surface area contributed by atoms with Crippen LogP contribution in [0.15, 0.2) is 0 Å². The molecule has 6 heteroatoms. The summed E-state index contributed by atoms with van der Waals surface area (Å²) < 4.78 is 0. The second-order valence-electron chi connectivity index (χ2n) is 5.77. The van der Waals surface area contributed by atoms with Crippen LogP contribution in [0, 0.1) is 5.92 Å². The van der Waals surface area contributed by atoms with Crippen LogP contribution in [0.3, 0.4) is 0 Å². The predicted octanol–water partition coefficient (Wildman–Crippen LogP) is 0.315. The number of nitrogens with one attached hydrogen (secondary N) is 2. The van der Waals surface area contributed by atoms with Gasteiger partial charge in [-0.15, -0.1) is 0 Å². The standard InChI is InChI=1S/C13H25N3O3/c1-4-5-13(19)8-16(9-13)7-11(17)15-12(18)14-6-10(2)3/h10,19H,4-9H2,1-3H3,(H2,14,15,17,18). The number of hydrogen-bond donors (Lipinski definition) is 3. The summed E-state index contributed by atoms with van der Waals surface area (Å²) >= 11 is 0. The molecular weight excluding hydrogens is 246 g/mol. The highest BCUT2D eigenvalue weighted by Crippen LogP contribution is 2.24. The van der Waals surface area contributed by atoms with Crippen molar-refractivity contribution in [3.05, 3.63) is 0 Å². The zero-order valence-electron chi connectivity index (χ0n) is 12.0. The number of aliphatic hydroxyl groups is 1. The second kappa shape index (κ2) is 6.86. The van der Waals surface area contributed by atoms with Crippen LogP contribution in [-0.2, 0) is 4.79 Å². The van der Waals surface area contributed by atoms with E-state index >= 15 is 0 Å². The molecule has 3 N–H and O–H groups in total. The molecule has 0 atom stereocenters. The molecule has 6 nitrogen and oxygen atoms in total. The molecular formula is C13H25N3O3. The van der Waals surface area contributed by atoms with E-state index in [1.165, 1.54) is 0 Å². The molecule has 1 aliphatic rings. The van der Waals surface area contributed by atoms with Crippen molar-refractivity contribution in [2.24, 2.45) is 5.92 Å². The lowest BCUT2D eigenvalue weighted by Crippen LogP contribution is -2.63. The molecule has 0 aromatic heterocycles. The molecule has 1 heterocycles. The van der Waals surface area contributed by atoms with Crippen molar-refractivity contribution in [3.8, 4) is 0 Å². The largest absolute Gasteiger partial charge is 0.387 e. The Morgan fingerprint density at radius 2 is 2.00 bits per heavy atom. The number of β-amino-alcohol motifs (C(OH)–C–C–N with tert-alkyl or cyclic N) is 1. The summed E-state index contributed by atoms with van der Waals surface area (Å²) in [4.78, 5) is 24.8. The summed E-state index contributed by atoms with van der Waals surface area (Å²) in [6, 6.07) is -0.456. The molecule has 3 amide bonds. The van der Waals surface area contributed by atoms with Crippen molar-refractivity contribution in [3.63, 3.8) is 0 Å². The van der Waals surface area contributed by atoms with Crippen LogP contribution in [0.25, 0.3) is 0 Å². The summed E-state index contributed by atoms with van der Waals surface area (Å²) in [6.07, 6.45) is 1.67. The number of amides is 3. The number of urea groups is 1. The van der Waals surface area contributed by atoms with Gasteiger partial charge in [0.25, 0.3) is 0 Å². The number of likely N-dealkylation sites (tertiary alicyclic amines) is 1. The Kier molecular flexibility index (Phi) is 5.75. The Hall–Kier alpha value is -1.14. The third-order valence-electron chi connectivity index (χ3n) is 3.04. The Bertz CT molecular complexity index is 325. The summed E-state index contributed by atoms with van der Waals surface area (Å²) in [5, 5.41) is 14.9. The normalized spacial score (nSPS) is 17.9. The maximum atomic E-state index is 11.6. The van der Waals surface area contributed by atoms with Gasteiger partial charge in [0.15, 0.2) is 0 Å². The van der Waals surface area contributed by atoms with Crippen molar-refractivity contribution in [1.82, 2.24) is 15.5 Å². The van der Waals surface area contributed by atoms with Crippen LogP contribution in [-0.4, -0.2) is 53.7 Å². The lowest BCUT2D eigenvalue weighted by atomic mass is 9.89. The maximum Gasteiger partial charge on any atom is 0.321 e. The van der Waals surface area contributed by atoms with Crippen molar-refractivity contribution in [2.45, 2.75) is 39.2 Å². The van der Waals surface area contributed by atoms with Gasteiger partial charge in [0.1, 0.15) is 0 Å². The summed E-state index contributed by atoms with van der Waals surface area (Å²) in [5.74, 6) is 0.0140. The van der Waals surface area contributed by atoms with Gasteiger partial charge in [-0.25, -0.2) is 4.79 Å². The van der Waals surface area contributed by atoms with Crippen molar-refractivity contribution in [2.75, 3.05) is 26.2 Å². The summed E-state index contributed by atoms with van der Waals surface area (Å²) in [7, 11) is 0. The fraction of sp³-hybridized carbons (Fsp3) is 0.846. The van der Waals surface area contributed by atoms with Gasteiger partial charge in [0, 0.05) is 19.6 Å². The first-order valence-electron chi connectivity index (χ1n) is 6.87.